The Labute approximate surface area is 173 Å². The molecule has 0 saturated carbocycles. The summed E-state index contributed by atoms with van der Waals surface area (Å²) < 4.78 is 0. The van der Waals surface area contributed by atoms with Crippen molar-refractivity contribution in [2.75, 3.05) is 11.9 Å². The molecule has 6 nitrogen and oxygen atoms in total. The molecule has 0 saturated heterocycles. The fourth-order valence-corrected chi connectivity index (χ4v) is 4.57. The molecule has 1 atom stereocenters. The zero-order chi connectivity index (χ0) is 20.2. The number of fused-ring (bicyclic) bond motifs is 1. The summed E-state index contributed by atoms with van der Waals surface area (Å²) in [6.45, 7) is 3.23. The maximum atomic E-state index is 13.1. The number of nitrogens with zero attached hydrogens (tertiary/aromatic N) is 3. The zero-order valence-electron chi connectivity index (χ0n) is 16.2. The monoisotopic (exact) mass is 406 g/mol. The van der Waals surface area contributed by atoms with Crippen LogP contribution in [-0.4, -0.2) is 33.2 Å². The molecule has 2 amide bonds. The second-order valence-corrected chi connectivity index (χ2v) is 8.02. The van der Waals surface area contributed by atoms with Gasteiger partial charge >= 0.3 is 0 Å². The lowest BCUT2D eigenvalue weighted by atomic mass is 9.94. The van der Waals surface area contributed by atoms with Crippen LogP contribution in [0.4, 0.5) is 5.13 Å². The summed E-state index contributed by atoms with van der Waals surface area (Å²) in [7, 11) is 0. The van der Waals surface area contributed by atoms with Crippen molar-refractivity contribution in [3.8, 4) is 0 Å². The van der Waals surface area contributed by atoms with Crippen molar-refractivity contribution in [1.82, 2.24) is 14.9 Å². The molecule has 0 bridgehead atoms. The summed E-state index contributed by atoms with van der Waals surface area (Å²) in [5.74, 6) is -0.259. The van der Waals surface area contributed by atoms with Crippen LogP contribution in [0.5, 0.6) is 0 Å². The van der Waals surface area contributed by atoms with Crippen molar-refractivity contribution < 1.29 is 9.59 Å². The normalized spacial score (nSPS) is 14.2. The van der Waals surface area contributed by atoms with Gasteiger partial charge in [-0.3, -0.25) is 19.9 Å². The molecule has 0 spiro atoms. The van der Waals surface area contributed by atoms with Crippen LogP contribution in [0.2, 0.25) is 0 Å². The number of benzene rings is 1. The van der Waals surface area contributed by atoms with Gasteiger partial charge in [0, 0.05) is 24.0 Å². The van der Waals surface area contributed by atoms with Gasteiger partial charge in [0.1, 0.15) is 5.69 Å². The first kappa shape index (κ1) is 19.3. The van der Waals surface area contributed by atoms with E-state index in [0.29, 0.717) is 30.3 Å². The van der Waals surface area contributed by atoms with Gasteiger partial charge in [-0.05, 0) is 24.1 Å². The molecular formula is C22H22N4O2S. The van der Waals surface area contributed by atoms with Crippen molar-refractivity contribution in [3.63, 3.8) is 0 Å². The lowest BCUT2D eigenvalue weighted by Gasteiger charge is -2.29. The fraction of sp³-hybridized carbons (Fsp3) is 0.273. The first-order chi connectivity index (χ1) is 14.2. The highest BCUT2D eigenvalue weighted by molar-refractivity contribution is 7.15. The molecule has 0 aliphatic carbocycles. The first-order valence-electron chi connectivity index (χ1n) is 9.70. The van der Waals surface area contributed by atoms with Crippen LogP contribution >= 0.6 is 11.3 Å². The standard InChI is InChI=1S/C22H22N4O2S/c1-2-16(15-8-4-3-5-9-15)21(28)26-13-11-17-19(14-26)29-22(24-17)25-20(27)18-10-6-7-12-23-18/h3-10,12,16H,2,11,13-14H2,1H3,(H,24,25,27). The summed E-state index contributed by atoms with van der Waals surface area (Å²) in [5.41, 5.74) is 2.37. The average molecular weight is 407 g/mol. The van der Waals surface area contributed by atoms with Gasteiger partial charge in [0.15, 0.2) is 5.13 Å². The van der Waals surface area contributed by atoms with E-state index < -0.39 is 0 Å². The Morgan fingerprint density at radius 1 is 1.17 bits per heavy atom. The van der Waals surface area contributed by atoms with E-state index in [4.69, 9.17) is 0 Å². The molecule has 29 heavy (non-hydrogen) atoms. The quantitative estimate of drug-likeness (QED) is 0.698. The molecule has 3 aromatic rings. The van der Waals surface area contributed by atoms with E-state index in [1.807, 2.05) is 42.2 Å². The third-order valence-electron chi connectivity index (χ3n) is 5.07. The third kappa shape index (κ3) is 4.19. The van der Waals surface area contributed by atoms with Gasteiger partial charge in [-0.2, -0.15) is 0 Å². The largest absolute Gasteiger partial charge is 0.337 e. The van der Waals surface area contributed by atoms with Crippen molar-refractivity contribution in [3.05, 3.63) is 76.6 Å². The first-order valence-corrected chi connectivity index (χ1v) is 10.5. The number of hydrogen-bond donors (Lipinski definition) is 1. The minimum Gasteiger partial charge on any atom is -0.337 e. The van der Waals surface area contributed by atoms with Crippen LogP contribution < -0.4 is 5.32 Å². The fourth-order valence-electron chi connectivity index (χ4n) is 3.55. The number of carbonyl (C=O) groups is 2. The van der Waals surface area contributed by atoms with Crippen molar-refractivity contribution in [2.24, 2.45) is 0 Å². The number of aromatic nitrogens is 2. The Balaban J connectivity index is 1.46. The number of nitrogens with one attached hydrogen (secondary N) is 1. The number of thiazole rings is 1. The Morgan fingerprint density at radius 2 is 1.97 bits per heavy atom. The van der Waals surface area contributed by atoms with Crippen LogP contribution in [0, 0.1) is 0 Å². The molecule has 4 rings (SSSR count). The highest BCUT2D eigenvalue weighted by Crippen LogP contribution is 2.31. The number of carbonyl (C=O) groups excluding carboxylic acids is 2. The SMILES string of the molecule is CCC(C(=O)N1CCc2nc(NC(=O)c3ccccn3)sc2C1)c1ccccc1. The second kappa shape index (κ2) is 8.53. The average Bonchev–Trinajstić information content (AvgIpc) is 3.17. The van der Waals surface area contributed by atoms with Crippen LogP contribution in [-0.2, 0) is 17.8 Å². The van der Waals surface area contributed by atoms with Gasteiger partial charge in [-0.1, -0.05) is 54.7 Å². The zero-order valence-corrected chi connectivity index (χ0v) is 17.0. The molecule has 0 radical (unpaired) electrons. The highest BCUT2D eigenvalue weighted by atomic mass is 32.1. The summed E-state index contributed by atoms with van der Waals surface area (Å²) >= 11 is 1.43. The Kier molecular flexibility index (Phi) is 5.67. The summed E-state index contributed by atoms with van der Waals surface area (Å²) in [4.78, 5) is 37.0. The number of hydrogen-bond acceptors (Lipinski definition) is 5. The molecule has 1 unspecified atom stereocenters. The molecule has 0 fully saturated rings. The maximum absolute atomic E-state index is 13.1. The number of amides is 2. The van der Waals surface area contributed by atoms with Crippen LogP contribution in [0.25, 0.3) is 0 Å². The molecule has 2 aromatic heterocycles. The lowest BCUT2D eigenvalue weighted by Crippen LogP contribution is -2.38. The van der Waals surface area contributed by atoms with E-state index in [2.05, 4.69) is 15.3 Å². The summed E-state index contributed by atoms with van der Waals surface area (Å²) in [6, 6.07) is 15.1. The van der Waals surface area contributed by atoms with Crippen molar-refractivity contribution in [1.29, 1.82) is 0 Å². The third-order valence-corrected chi connectivity index (χ3v) is 6.07. The van der Waals surface area contributed by atoms with E-state index in [9.17, 15) is 9.59 Å². The van der Waals surface area contributed by atoms with E-state index in [1.54, 1.807) is 24.4 Å². The van der Waals surface area contributed by atoms with Crippen molar-refractivity contribution >= 4 is 28.3 Å². The van der Waals surface area contributed by atoms with Gasteiger partial charge in [-0.25, -0.2) is 4.98 Å². The second-order valence-electron chi connectivity index (χ2n) is 6.94. The topological polar surface area (TPSA) is 75.2 Å². The molecule has 148 valence electrons. The predicted octanol–water partition coefficient (Wildman–Crippen LogP) is 3.87. The van der Waals surface area contributed by atoms with E-state index in [0.717, 1.165) is 22.6 Å². The number of rotatable bonds is 5. The molecule has 7 heteroatoms. The molecule has 1 aromatic carbocycles. The minimum atomic E-state index is -0.278. The Bertz CT molecular complexity index is 1000. The lowest BCUT2D eigenvalue weighted by molar-refractivity contribution is -0.133. The van der Waals surface area contributed by atoms with E-state index in [1.165, 1.54) is 11.3 Å². The van der Waals surface area contributed by atoms with Gasteiger partial charge in [0.25, 0.3) is 5.91 Å². The van der Waals surface area contributed by atoms with Crippen LogP contribution in [0.15, 0.2) is 54.7 Å². The Hall–Kier alpha value is -3.06. The maximum Gasteiger partial charge on any atom is 0.276 e. The van der Waals surface area contributed by atoms with Crippen molar-refractivity contribution in [2.45, 2.75) is 32.2 Å². The summed E-state index contributed by atoms with van der Waals surface area (Å²) in [6.07, 6.45) is 3.05. The van der Waals surface area contributed by atoms with Gasteiger partial charge in [-0.15, -0.1) is 0 Å². The Morgan fingerprint density at radius 3 is 2.69 bits per heavy atom. The van der Waals surface area contributed by atoms with Crippen LogP contribution in [0.3, 0.4) is 0 Å². The van der Waals surface area contributed by atoms with E-state index >= 15 is 0 Å². The summed E-state index contributed by atoms with van der Waals surface area (Å²) in [5, 5.41) is 3.37. The molecule has 1 aliphatic rings. The van der Waals surface area contributed by atoms with Gasteiger partial charge in [0.2, 0.25) is 5.91 Å². The minimum absolute atomic E-state index is 0.131. The molecule has 3 heterocycles. The molecule has 1 aliphatic heterocycles. The number of pyridine rings is 1. The smallest absolute Gasteiger partial charge is 0.276 e. The molecule has 1 N–H and O–H groups in total. The number of anilines is 1. The van der Waals surface area contributed by atoms with E-state index in [-0.39, 0.29) is 17.7 Å². The predicted molar refractivity (Wildman–Crippen MR) is 113 cm³/mol. The van der Waals surface area contributed by atoms with Crippen LogP contribution in [0.1, 0.15) is 45.9 Å². The molecular weight excluding hydrogens is 384 g/mol. The van der Waals surface area contributed by atoms with Gasteiger partial charge in [0.05, 0.1) is 18.2 Å². The highest BCUT2D eigenvalue weighted by Gasteiger charge is 2.29. The van der Waals surface area contributed by atoms with Gasteiger partial charge < -0.3 is 4.90 Å².